The van der Waals surface area contributed by atoms with E-state index in [1.165, 1.54) is 0 Å². The Balaban J connectivity index is 1.88. The fourth-order valence-electron chi connectivity index (χ4n) is 3.69. The number of aromatic nitrogens is 1. The van der Waals surface area contributed by atoms with Crippen LogP contribution in [0.15, 0.2) is 34.9 Å². The number of hydrogen-bond acceptors (Lipinski definition) is 6. The summed E-state index contributed by atoms with van der Waals surface area (Å²) in [6, 6.07) is 9.33. The molecule has 7 heteroatoms. The zero-order valence-corrected chi connectivity index (χ0v) is 15.8. The molecule has 3 rings (SSSR count). The first-order valence-electron chi connectivity index (χ1n) is 9.39. The minimum atomic E-state index is -1.05. The Morgan fingerprint density at radius 2 is 2.04 bits per heavy atom. The number of nitrogens with zero attached hydrogens (tertiary/aromatic N) is 3. The summed E-state index contributed by atoms with van der Waals surface area (Å²) in [6.07, 6.45) is 0.648. The van der Waals surface area contributed by atoms with Gasteiger partial charge < -0.3 is 19.6 Å². The van der Waals surface area contributed by atoms with Gasteiger partial charge in [-0.1, -0.05) is 49.3 Å². The molecule has 2 N–H and O–H groups in total. The largest absolute Gasteiger partial charge is 0.477 e. The summed E-state index contributed by atoms with van der Waals surface area (Å²) in [6.45, 7) is 7.51. The van der Waals surface area contributed by atoms with E-state index in [4.69, 9.17) is 4.52 Å². The van der Waals surface area contributed by atoms with Crippen molar-refractivity contribution in [2.75, 3.05) is 37.7 Å². The quantitative estimate of drug-likeness (QED) is 0.771. The second kappa shape index (κ2) is 8.54. The lowest BCUT2D eigenvalue weighted by Crippen LogP contribution is -2.54. The van der Waals surface area contributed by atoms with Crippen LogP contribution in [0.3, 0.4) is 0 Å². The Morgan fingerprint density at radius 1 is 1.30 bits per heavy atom. The second-order valence-electron chi connectivity index (χ2n) is 7.38. The third-order valence-corrected chi connectivity index (χ3v) is 4.89. The van der Waals surface area contributed by atoms with Crippen molar-refractivity contribution in [1.82, 2.24) is 10.1 Å². The monoisotopic (exact) mass is 373 g/mol. The molecule has 7 nitrogen and oxygen atoms in total. The number of aliphatic hydroxyl groups excluding tert-OH is 1. The molecule has 1 aliphatic rings. The van der Waals surface area contributed by atoms with E-state index in [1.807, 2.05) is 35.2 Å². The van der Waals surface area contributed by atoms with Crippen LogP contribution in [-0.2, 0) is 0 Å². The highest BCUT2D eigenvalue weighted by Gasteiger charge is 2.33. The summed E-state index contributed by atoms with van der Waals surface area (Å²) >= 11 is 0. The van der Waals surface area contributed by atoms with E-state index in [0.29, 0.717) is 36.8 Å². The van der Waals surface area contributed by atoms with Crippen LogP contribution >= 0.6 is 0 Å². The number of rotatable bonds is 7. The van der Waals surface area contributed by atoms with Crippen LogP contribution in [0.4, 0.5) is 5.82 Å². The number of carboxylic acids is 1. The number of carbonyl (C=O) groups is 1. The number of piperazine rings is 1. The van der Waals surface area contributed by atoms with Crippen molar-refractivity contribution in [3.63, 3.8) is 0 Å². The van der Waals surface area contributed by atoms with Crippen molar-refractivity contribution in [1.29, 1.82) is 0 Å². The van der Waals surface area contributed by atoms with Gasteiger partial charge in [0.05, 0.1) is 0 Å². The molecule has 0 amide bonds. The number of aliphatic hydroxyl groups is 1. The van der Waals surface area contributed by atoms with Gasteiger partial charge >= 0.3 is 5.97 Å². The average Bonchev–Trinajstić information content (AvgIpc) is 3.09. The molecule has 1 aromatic heterocycles. The van der Waals surface area contributed by atoms with Gasteiger partial charge in [0.1, 0.15) is 0 Å². The van der Waals surface area contributed by atoms with Gasteiger partial charge in [-0.3, -0.25) is 4.90 Å². The lowest BCUT2D eigenvalue weighted by atomic mass is 10.0. The van der Waals surface area contributed by atoms with E-state index in [-0.39, 0.29) is 24.0 Å². The minimum absolute atomic E-state index is 0.0984. The zero-order chi connectivity index (χ0) is 19.4. The molecule has 0 radical (unpaired) electrons. The topological polar surface area (TPSA) is 90.0 Å². The van der Waals surface area contributed by atoms with Crippen LogP contribution in [0.25, 0.3) is 11.3 Å². The molecule has 146 valence electrons. The Morgan fingerprint density at radius 3 is 2.67 bits per heavy atom. The van der Waals surface area contributed by atoms with Gasteiger partial charge in [0.25, 0.3) is 0 Å². The van der Waals surface area contributed by atoms with Crippen molar-refractivity contribution in [3.8, 4) is 11.3 Å². The van der Waals surface area contributed by atoms with E-state index in [2.05, 4.69) is 23.9 Å². The van der Waals surface area contributed by atoms with Crippen LogP contribution in [0, 0.1) is 5.92 Å². The molecule has 0 bridgehead atoms. The molecule has 2 heterocycles. The van der Waals surface area contributed by atoms with Gasteiger partial charge in [0.2, 0.25) is 0 Å². The van der Waals surface area contributed by atoms with Gasteiger partial charge in [-0.15, -0.1) is 0 Å². The van der Waals surface area contributed by atoms with E-state index in [0.717, 1.165) is 13.1 Å². The van der Waals surface area contributed by atoms with Crippen LogP contribution in [-0.4, -0.2) is 65.1 Å². The zero-order valence-electron chi connectivity index (χ0n) is 15.8. The van der Waals surface area contributed by atoms with Crippen molar-refractivity contribution in [2.45, 2.75) is 26.3 Å². The molecular weight excluding hydrogens is 346 g/mol. The molecule has 1 fully saturated rings. The van der Waals surface area contributed by atoms with Crippen LogP contribution in [0.1, 0.15) is 30.6 Å². The molecule has 1 saturated heterocycles. The minimum Gasteiger partial charge on any atom is -0.477 e. The average molecular weight is 373 g/mol. The highest BCUT2D eigenvalue weighted by Crippen LogP contribution is 2.32. The summed E-state index contributed by atoms with van der Waals surface area (Å²) in [4.78, 5) is 16.3. The normalized spacial score (nSPS) is 18.2. The molecule has 27 heavy (non-hydrogen) atoms. The third kappa shape index (κ3) is 4.31. The lowest BCUT2D eigenvalue weighted by molar-refractivity contribution is 0.0697. The van der Waals surface area contributed by atoms with Crippen molar-refractivity contribution >= 4 is 11.8 Å². The van der Waals surface area contributed by atoms with Crippen LogP contribution < -0.4 is 4.90 Å². The lowest BCUT2D eigenvalue weighted by Gasteiger charge is -2.42. The van der Waals surface area contributed by atoms with Gasteiger partial charge in [-0.05, 0) is 12.3 Å². The predicted molar refractivity (Wildman–Crippen MR) is 103 cm³/mol. The first-order valence-corrected chi connectivity index (χ1v) is 9.39. The van der Waals surface area contributed by atoms with Crippen LogP contribution in [0.5, 0.6) is 0 Å². The Bertz CT molecular complexity index is 760. The number of carboxylic acid groups (broad SMARTS) is 1. The van der Waals surface area contributed by atoms with Crippen LogP contribution in [0.2, 0.25) is 0 Å². The summed E-state index contributed by atoms with van der Waals surface area (Å²) in [7, 11) is 0. The Labute approximate surface area is 159 Å². The standard InChI is InChI=1S/C20H27N3O4/c1-14(2)12-22-9-10-23(13-16(22)8-11-24)19-17(20(25)26)18(27-21-19)15-6-4-3-5-7-15/h3-7,14,16,24H,8-13H2,1-2H3,(H,25,26). The molecule has 1 atom stereocenters. The molecule has 0 spiro atoms. The number of hydrogen-bond donors (Lipinski definition) is 2. The fourth-order valence-corrected chi connectivity index (χ4v) is 3.69. The maximum atomic E-state index is 12.0. The molecular formula is C20H27N3O4. The first-order chi connectivity index (χ1) is 13.0. The third-order valence-electron chi connectivity index (χ3n) is 4.89. The van der Waals surface area contributed by atoms with E-state index in [1.54, 1.807) is 0 Å². The summed E-state index contributed by atoms with van der Waals surface area (Å²) in [5.41, 5.74) is 0.792. The fraction of sp³-hybridized carbons (Fsp3) is 0.500. The molecule has 0 saturated carbocycles. The van der Waals surface area contributed by atoms with E-state index in [9.17, 15) is 15.0 Å². The van der Waals surface area contributed by atoms with Gasteiger partial charge in [0, 0.05) is 44.4 Å². The van der Waals surface area contributed by atoms with Crippen molar-refractivity contribution < 1.29 is 19.5 Å². The molecule has 1 unspecified atom stereocenters. The Kier molecular flexibility index (Phi) is 6.13. The van der Waals surface area contributed by atoms with Gasteiger partial charge in [0.15, 0.2) is 17.1 Å². The van der Waals surface area contributed by atoms with Crippen molar-refractivity contribution in [3.05, 3.63) is 35.9 Å². The number of anilines is 1. The summed E-state index contributed by atoms with van der Waals surface area (Å²) in [5.74, 6) is 0.132. The molecule has 0 aliphatic carbocycles. The first kappa shape index (κ1) is 19.4. The highest BCUT2D eigenvalue weighted by atomic mass is 16.5. The van der Waals surface area contributed by atoms with Gasteiger partial charge in [-0.2, -0.15) is 0 Å². The highest BCUT2D eigenvalue weighted by molar-refractivity contribution is 5.99. The maximum Gasteiger partial charge on any atom is 0.343 e. The maximum absolute atomic E-state index is 12.0. The SMILES string of the molecule is CC(C)CN1CCN(c2noc(-c3ccccc3)c2C(=O)O)CC1CCO. The van der Waals surface area contributed by atoms with E-state index >= 15 is 0 Å². The summed E-state index contributed by atoms with van der Waals surface area (Å²) in [5, 5.41) is 23.3. The second-order valence-corrected chi connectivity index (χ2v) is 7.38. The summed E-state index contributed by atoms with van der Waals surface area (Å²) < 4.78 is 5.45. The van der Waals surface area contributed by atoms with Crippen molar-refractivity contribution in [2.24, 2.45) is 5.92 Å². The smallest absolute Gasteiger partial charge is 0.343 e. The number of benzene rings is 1. The number of aromatic carboxylic acids is 1. The predicted octanol–water partition coefficient (Wildman–Crippen LogP) is 2.57. The molecule has 1 aromatic carbocycles. The molecule has 2 aromatic rings. The Hall–Kier alpha value is -2.38. The van der Waals surface area contributed by atoms with E-state index < -0.39 is 5.97 Å². The van der Waals surface area contributed by atoms with Gasteiger partial charge in [-0.25, -0.2) is 4.79 Å². The molecule has 1 aliphatic heterocycles.